The second kappa shape index (κ2) is 8.81. The number of carbonyl (C=O) groups is 2. The Bertz CT molecular complexity index is 857. The van der Waals surface area contributed by atoms with Crippen LogP contribution in [0.15, 0.2) is 48.5 Å². The van der Waals surface area contributed by atoms with Gasteiger partial charge in [0.2, 0.25) is 0 Å². The number of hydrogen-bond donors (Lipinski definition) is 2. The number of benzene rings is 2. The number of carboxylic acids is 1. The molecule has 144 valence electrons. The number of amides is 1. The number of carboxylic acid groups (broad SMARTS) is 1. The summed E-state index contributed by atoms with van der Waals surface area (Å²) >= 11 is 0. The van der Waals surface area contributed by atoms with E-state index in [1.54, 1.807) is 36.4 Å². The molecule has 7 heteroatoms. The lowest BCUT2D eigenvalue weighted by Gasteiger charge is -2.18. The lowest BCUT2D eigenvalue weighted by Crippen LogP contribution is -2.23. The van der Waals surface area contributed by atoms with Gasteiger partial charge in [-0.3, -0.25) is 9.00 Å². The van der Waals surface area contributed by atoms with Crippen molar-refractivity contribution in [2.75, 3.05) is 11.9 Å². The Hall–Kier alpha value is -2.67. The normalized spacial score (nSPS) is 12.3. The second-order valence-electron chi connectivity index (χ2n) is 6.97. The lowest BCUT2D eigenvalue weighted by molar-refractivity contribution is -0.139. The van der Waals surface area contributed by atoms with Crippen LogP contribution in [-0.4, -0.2) is 32.5 Å². The van der Waals surface area contributed by atoms with Crippen molar-refractivity contribution in [2.24, 2.45) is 0 Å². The third-order valence-electron chi connectivity index (χ3n) is 3.62. The molecule has 0 bridgehead atoms. The van der Waals surface area contributed by atoms with Crippen molar-refractivity contribution in [3.05, 3.63) is 59.7 Å². The molecule has 0 aliphatic rings. The van der Waals surface area contributed by atoms with E-state index in [1.807, 2.05) is 26.8 Å². The van der Waals surface area contributed by atoms with Crippen LogP contribution in [0.2, 0.25) is 0 Å². The lowest BCUT2D eigenvalue weighted by atomic mass is 10.2. The molecule has 0 aromatic heterocycles. The van der Waals surface area contributed by atoms with Gasteiger partial charge in [0.05, 0.1) is 0 Å². The fraction of sp³-hybridized carbons (Fsp3) is 0.300. The molecule has 6 nitrogen and oxygen atoms in total. The standard InChI is InChI=1S/C20H23NO5S/c1-20(2,3)27(25)13-14-6-4-8-16(10-14)21-19(24)15-7-5-9-17(11-15)26-12-18(22)23/h4-11H,12-13H2,1-3H3,(H,21,24)(H,22,23). The smallest absolute Gasteiger partial charge is 0.341 e. The molecule has 2 rings (SSSR count). The highest BCUT2D eigenvalue weighted by Crippen LogP contribution is 2.20. The van der Waals surface area contributed by atoms with Crippen LogP contribution in [0.5, 0.6) is 5.75 Å². The molecule has 0 saturated carbocycles. The summed E-state index contributed by atoms with van der Waals surface area (Å²) in [6.07, 6.45) is 0. The molecule has 0 aliphatic heterocycles. The zero-order valence-electron chi connectivity index (χ0n) is 15.5. The predicted molar refractivity (Wildman–Crippen MR) is 106 cm³/mol. The molecule has 2 N–H and O–H groups in total. The summed E-state index contributed by atoms with van der Waals surface area (Å²) in [6, 6.07) is 13.5. The Morgan fingerprint density at radius 2 is 1.81 bits per heavy atom. The van der Waals surface area contributed by atoms with Gasteiger partial charge in [0.25, 0.3) is 5.91 Å². The van der Waals surface area contributed by atoms with Crippen LogP contribution in [-0.2, 0) is 21.3 Å². The Balaban J connectivity index is 2.07. The quantitative estimate of drug-likeness (QED) is 0.757. The Kier molecular flexibility index (Phi) is 6.74. The molecule has 0 fully saturated rings. The number of aliphatic carboxylic acids is 1. The number of nitrogens with one attached hydrogen (secondary N) is 1. The fourth-order valence-corrected chi connectivity index (χ4v) is 3.10. The predicted octanol–water partition coefficient (Wildman–Crippen LogP) is 3.45. The monoisotopic (exact) mass is 389 g/mol. The average Bonchev–Trinajstić information content (AvgIpc) is 2.59. The van der Waals surface area contributed by atoms with E-state index in [4.69, 9.17) is 9.84 Å². The molecule has 1 atom stereocenters. The number of ether oxygens (including phenoxy) is 1. The van der Waals surface area contributed by atoms with Crippen LogP contribution in [0.3, 0.4) is 0 Å². The van der Waals surface area contributed by atoms with Gasteiger partial charge >= 0.3 is 5.97 Å². The van der Waals surface area contributed by atoms with Crippen LogP contribution >= 0.6 is 0 Å². The Morgan fingerprint density at radius 1 is 1.11 bits per heavy atom. The molecule has 2 aromatic rings. The molecule has 0 spiro atoms. The molecule has 27 heavy (non-hydrogen) atoms. The zero-order valence-corrected chi connectivity index (χ0v) is 16.3. The number of anilines is 1. The number of hydrogen-bond acceptors (Lipinski definition) is 4. The minimum Gasteiger partial charge on any atom is -0.482 e. The van der Waals surface area contributed by atoms with E-state index < -0.39 is 23.4 Å². The molecule has 0 heterocycles. The minimum absolute atomic E-state index is 0.305. The van der Waals surface area contributed by atoms with E-state index >= 15 is 0 Å². The minimum atomic E-state index is -1.09. The van der Waals surface area contributed by atoms with Crippen molar-refractivity contribution in [2.45, 2.75) is 31.3 Å². The van der Waals surface area contributed by atoms with E-state index in [9.17, 15) is 13.8 Å². The summed E-state index contributed by atoms with van der Waals surface area (Å²) in [5, 5.41) is 11.5. The summed E-state index contributed by atoms with van der Waals surface area (Å²) in [5.74, 6) is -0.718. The van der Waals surface area contributed by atoms with Crippen molar-refractivity contribution in [1.29, 1.82) is 0 Å². The summed E-state index contributed by atoms with van der Waals surface area (Å²) in [4.78, 5) is 23.0. The second-order valence-corrected chi connectivity index (χ2v) is 9.17. The highest BCUT2D eigenvalue weighted by atomic mass is 32.2. The largest absolute Gasteiger partial charge is 0.482 e. The first-order valence-corrected chi connectivity index (χ1v) is 9.70. The Morgan fingerprint density at radius 3 is 2.48 bits per heavy atom. The molecule has 0 saturated heterocycles. The third-order valence-corrected chi connectivity index (χ3v) is 5.59. The molecular formula is C20H23NO5S. The first-order chi connectivity index (χ1) is 12.6. The van der Waals surface area contributed by atoms with Crippen LogP contribution in [0, 0.1) is 0 Å². The first kappa shape index (κ1) is 20.6. The average molecular weight is 389 g/mol. The number of rotatable bonds is 7. The van der Waals surface area contributed by atoms with Crippen molar-refractivity contribution in [3.63, 3.8) is 0 Å². The Labute approximate surface area is 161 Å². The van der Waals surface area contributed by atoms with Gasteiger partial charge < -0.3 is 15.2 Å². The van der Waals surface area contributed by atoms with E-state index in [1.165, 1.54) is 6.07 Å². The van der Waals surface area contributed by atoms with Gasteiger partial charge in [0, 0.05) is 32.6 Å². The van der Waals surface area contributed by atoms with Crippen LogP contribution in [0.4, 0.5) is 5.69 Å². The zero-order chi connectivity index (χ0) is 20.0. The highest BCUT2D eigenvalue weighted by molar-refractivity contribution is 7.85. The van der Waals surface area contributed by atoms with Gasteiger partial charge in [-0.1, -0.05) is 18.2 Å². The third kappa shape index (κ3) is 6.53. The molecule has 2 aromatic carbocycles. The van der Waals surface area contributed by atoms with E-state index in [0.717, 1.165) is 5.56 Å². The first-order valence-electron chi connectivity index (χ1n) is 8.38. The molecule has 0 aliphatic carbocycles. The van der Waals surface area contributed by atoms with Gasteiger partial charge in [-0.15, -0.1) is 0 Å². The molecule has 1 amide bonds. The molecule has 1 unspecified atom stereocenters. The van der Waals surface area contributed by atoms with E-state index in [2.05, 4.69) is 5.32 Å². The van der Waals surface area contributed by atoms with Crippen LogP contribution in [0.1, 0.15) is 36.7 Å². The maximum Gasteiger partial charge on any atom is 0.341 e. The molecule has 0 radical (unpaired) electrons. The van der Waals surface area contributed by atoms with Crippen LogP contribution < -0.4 is 10.1 Å². The summed E-state index contributed by atoms with van der Waals surface area (Å²) in [5.41, 5.74) is 1.82. The SMILES string of the molecule is CC(C)(C)S(=O)Cc1cccc(NC(=O)c2cccc(OCC(=O)O)c2)c1. The topological polar surface area (TPSA) is 92.7 Å². The fourth-order valence-electron chi connectivity index (χ4n) is 2.18. The maximum atomic E-state index is 12.5. The van der Waals surface area contributed by atoms with Crippen molar-refractivity contribution >= 4 is 28.4 Å². The van der Waals surface area contributed by atoms with Gasteiger partial charge in [0.1, 0.15) is 5.75 Å². The summed E-state index contributed by atoms with van der Waals surface area (Å²) in [6.45, 7) is 5.30. The highest BCUT2D eigenvalue weighted by Gasteiger charge is 2.19. The van der Waals surface area contributed by atoms with Crippen molar-refractivity contribution in [1.82, 2.24) is 0 Å². The van der Waals surface area contributed by atoms with E-state index in [0.29, 0.717) is 22.8 Å². The van der Waals surface area contributed by atoms with Crippen molar-refractivity contribution < 1.29 is 23.6 Å². The van der Waals surface area contributed by atoms with Crippen LogP contribution in [0.25, 0.3) is 0 Å². The summed E-state index contributed by atoms with van der Waals surface area (Å²) < 4.78 is 17.1. The van der Waals surface area contributed by atoms with E-state index in [-0.39, 0.29) is 10.7 Å². The summed E-state index contributed by atoms with van der Waals surface area (Å²) in [7, 11) is -1.03. The number of carbonyl (C=O) groups excluding carboxylic acids is 1. The van der Waals surface area contributed by atoms with Gasteiger partial charge in [-0.05, 0) is 56.7 Å². The molecular weight excluding hydrogens is 366 g/mol. The van der Waals surface area contributed by atoms with Crippen molar-refractivity contribution in [3.8, 4) is 5.75 Å². The maximum absolute atomic E-state index is 12.5. The van der Waals surface area contributed by atoms with Gasteiger partial charge in [-0.2, -0.15) is 0 Å². The van der Waals surface area contributed by atoms with Gasteiger partial charge in [-0.25, -0.2) is 4.79 Å². The van der Waals surface area contributed by atoms with Gasteiger partial charge in [0.15, 0.2) is 6.61 Å².